The SMILES string of the molecule is CC(C)(C)OC(=O)N[C@H](C(=O)O)c1ccc(OCOC2CCCO2)cc1. The number of carboxylic acid groups (broad SMARTS) is 1. The summed E-state index contributed by atoms with van der Waals surface area (Å²) in [5.41, 5.74) is -0.316. The molecule has 1 heterocycles. The third-order valence-electron chi connectivity index (χ3n) is 3.49. The second-order valence-corrected chi connectivity index (χ2v) is 6.86. The Hall–Kier alpha value is -2.32. The smallest absolute Gasteiger partial charge is 0.408 e. The Morgan fingerprint density at radius 1 is 1.31 bits per heavy atom. The number of carbonyl (C=O) groups is 2. The number of ether oxygens (including phenoxy) is 4. The first kappa shape index (κ1) is 20.0. The van der Waals surface area contributed by atoms with Gasteiger partial charge in [-0.2, -0.15) is 0 Å². The highest BCUT2D eigenvalue weighted by Gasteiger charge is 2.25. The van der Waals surface area contributed by atoms with Gasteiger partial charge in [-0.25, -0.2) is 9.59 Å². The number of carbonyl (C=O) groups excluding carboxylic acids is 1. The van der Waals surface area contributed by atoms with Crippen molar-refractivity contribution in [3.8, 4) is 5.75 Å². The van der Waals surface area contributed by atoms with Crippen LogP contribution in [0.3, 0.4) is 0 Å². The normalized spacial score (nSPS) is 18.2. The number of rotatable bonds is 7. The predicted octanol–water partition coefficient (Wildman–Crippen LogP) is 2.83. The minimum atomic E-state index is -1.22. The zero-order valence-electron chi connectivity index (χ0n) is 15.2. The molecule has 0 bridgehead atoms. The molecule has 1 aromatic rings. The van der Waals surface area contributed by atoms with Gasteiger partial charge in [-0.3, -0.25) is 0 Å². The molecule has 8 nitrogen and oxygen atoms in total. The van der Waals surface area contributed by atoms with Crippen LogP contribution >= 0.6 is 0 Å². The fourth-order valence-corrected chi connectivity index (χ4v) is 2.33. The molecule has 0 spiro atoms. The van der Waals surface area contributed by atoms with E-state index in [1.807, 2.05) is 0 Å². The number of carboxylic acids is 1. The summed E-state index contributed by atoms with van der Waals surface area (Å²) in [6, 6.07) is 5.14. The van der Waals surface area contributed by atoms with Crippen LogP contribution in [-0.4, -0.2) is 42.5 Å². The van der Waals surface area contributed by atoms with Crippen LogP contribution in [-0.2, 0) is 19.0 Å². The summed E-state index contributed by atoms with van der Waals surface area (Å²) in [5, 5.41) is 11.7. The molecule has 1 aliphatic heterocycles. The molecule has 2 rings (SSSR count). The van der Waals surface area contributed by atoms with Gasteiger partial charge in [0.25, 0.3) is 0 Å². The van der Waals surface area contributed by atoms with Crippen LogP contribution < -0.4 is 10.1 Å². The lowest BCUT2D eigenvalue weighted by molar-refractivity contribution is -0.149. The third-order valence-corrected chi connectivity index (χ3v) is 3.49. The first-order valence-electron chi connectivity index (χ1n) is 8.43. The van der Waals surface area contributed by atoms with Crippen molar-refractivity contribution in [2.75, 3.05) is 13.4 Å². The maximum atomic E-state index is 11.8. The fourth-order valence-electron chi connectivity index (χ4n) is 2.33. The minimum Gasteiger partial charge on any atom is -0.479 e. The van der Waals surface area contributed by atoms with Crippen molar-refractivity contribution < 1.29 is 33.6 Å². The number of benzene rings is 1. The molecular formula is C18H25NO7. The van der Waals surface area contributed by atoms with Crippen LogP contribution in [0.5, 0.6) is 5.75 Å². The molecule has 1 fully saturated rings. The topological polar surface area (TPSA) is 103 Å². The van der Waals surface area contributed by atoms with Crippen LogP contribution in [0.1, 0.15) is 45.2 Å². The predicted molar refractivity (Wildman–Crippen MR) is 91.7 cm³/mol. The number of aliphatic carboxylic acids is 1. The van der Waals surface area contributed by atoms with E-state index < -0.39 is 23.7 Å². The minimum absolute atomic E-state index is 0.0442. The molecule has 1 aliphatic rings. The van der Waals surface area contributed by atoms with Gasteiger partial charge in [0.05, 0.1) is 0 Å². The van der Waals surface area contributed by atoms with Crippen molar-refractivity contribution >= 4 is 12.1 Å². The second-order valence-electron chi connectivity index (χ2n) is 6.86. The van der Waals surface area contributed by atoms with Gasteiger partial charge >= 0.3 is 12.1 Å². The molecule has 1 aromatic carbocycles. The zero-order chi connectivity index (χ0) is 19.2. The summed E-state index contributed by atoms with van der Waals surface area (Å²) >= 11 is 0. The quantitative estimate of drug-likeness (QED) is 0.714. The molecule has 2 atom stereocenters. The molecule has 26 heavy (non-hydrogen) atoms. The third kappa shape index (κ3) is 6.53. The van der Waals surface area contributed by atoms with Crippen molar-refractivity contribution in [1.82, 2.24) is 5.32 Å². The van der Waals surface area contributed by atoms with Crippen molar-refractivity contribution in [3.63, 3.8) is 0 Å². The number of amides is 1. The molecular weight excluding hydrogens is 342 g/mol. The Labute approximate surface area is 152 Å². The fraction of sp³-hybridized carbons (Fsp3) is 0.556. The lowest BCUT2D eigenvalue weighted by Crippen LogP contribution is -2.38. The van der Waals surface area contributed by atoms with Crippen LogP contribution in [0.25, 0.3) is 0 Å². The lowest BCUT2D eigenvalue weighted by Gasteiger charge is -2.22. The molecule has 144 valence electrons. The lowest BCUT2D eigenvalue weighted by atomic mass is 10.1. The van der Waals surface area contributed by atoms with Gasteiger partial charge in [-0.05, 0) is 44.9 Å². The second kappa shape index (κ2) is 8.86. The van der Waals surface area contributed by atoms with Crippen molar-refractivity contribution in [2.24, 2.45) is 0 Å². The molecule has 8 heteroatoms. The van der Waals surface area contributed by atoms with E-state index >= 15 is 0 Å². The highest BCUT2D eigenvalue weighted by atomic mass is 16.7. The van der Waals surface area contributed by atoms with Gasteiger partial charge < -0.3 is 29.4 Å². The van der Waals surface area contributed by atoms with E-state index in [-0.39, 0.29) is 13.1 Å². The Bertz CT molecular complexity index is 603. The zero-order valence-corrected chi connectivity index (χ0v) is 15.2. The highest BCUT2D eigenvalue weighted by molar-refractivity contribution is 5.81. The van der Waals surface area contributed by atoms with Crippen molar-refractivity contribution in [2.45, 2.75) is 51.5 Å². The Morgan fingerprint density at radius 2 is 2.00 bits per heavy atom. The summed E-state index contributed by atoms with van der Waals surface area (Å²) in [4.78, 5) is 23.3. The Morgan fingerprint density at radius 3 is 2.54 bits per heavy atom. The molecule has 1 saturated heterocycles. The van der Waals surface area contributed by atoms with Gasteiger partial charge in [-0.1, -0.05) is 12.1 Å². The van der Waals surface area contributed by atoms with E-state index in [1.54, 1.807) is 45.0 Å². The highest BCUT2D eigenvalue weighted by Crippen LogP contribution is 2.20. The molecule has 0 radical (unpaired) electrons. The van der Waals surface area contributed by atoms with E-state index in [1.165, 1.54) is 0 Å². The summed E-state index contributed by atoms with van der Waals surface area (Å²) in [6.07, 6.45) is 0.790. The van der Waals surface area contributed by atoms with E-state index in [0.29, 0.717) is 17.9 Å². The Balaban J connectivity index is 1.90. The number of hydrogen-bond donors (Lipinski definition) is 2. The largest absolute Gasteiger partial charge is 0.479 e. The van der Waals surface area contributed by atoms with E-state index in [4.69, 9.17) is 18.9 Å². The van der Waals surface area contributed by atoms with Crippen molar-refractivity contribution in [3.05, 3.63) is 29.8 Å². The van der Waals surface area contributed by atoms with Gasteiger partial charge in [0.1, 0.15) is 11.4 Å². The van der Waals surface area contributed by atoms with Gasteiger partial charge in [0.2, 0.25) is 0 Å². The van der Waals surface area contributed by atoms with Gasteiger partial charge in [-0.15, -0.1) is 0 Å². The molecule has 1 amide bonds. The molecule has 0 aromatic heterocycles. The van der Waals surface area contributed by atoms with E-state index in [9.17, 15) is 14.7 Å². The molecule has 1 unspecified atom stereocenters. The summed E-state index contributed by atoms with van der Waals surface area (Å²) in [5.74, 6) is -0.667. The maximum Gasteiger partial charge on any atom is 0.408 e. The average Bonchev–Trinajstić information content (AvgIpc) is 3.05. The monoisotopic (exact) mass is 367 g/mol. The first-order valence-corrected chi connectivity index (χ1v) is 8.43. The Kier molecular flexibility index (Phi) is 6.82. The number of hydrogen-bond acceptors (Lipinski definition) is 6. The van der Waals surface area contributed by atoms with Crippen LogP contribution in [0.4, 0.5) is 4.79 Å². The van der Waals surface area contributed by atoms with Crippen LogP contribution in [0.2, 0.25) is 0 Å². The number of alkyl carbamates (subject to hydrolysis) is 1. The average molecular weight is 367 g/mol. The summed E-state index contributed by atoms with van der Waals surface area (Å²) < 4.78 is 21.3. The molecule has 0 saturated carbocycles. The van der Waals surface area contributed by atoms with Crippen LogP contribution in [0, 0.1) is 0 Å². The van der Waals surface area contributed by atoms with E-state index in [0.717, 1.165) is 12.8 Å². The van der Waals surface area contributed by atoms with Gasteiger partial charge in [0, 0.05) is 13.0 Å². The van der Waals surface area contributed by atoms with Gasteiger partial charge in [0.15, 0.2) is 19.1 Å². The standard InChI is InChI=1S/C18H25NO7/c1-18(2,3)26-17(22)19-15(16(20)21)12-6-8-13(9-7-12)24-11-25-14-5-4-10-23-14/h6-9,14-15H,4-5,10-11H2,1-3H3,(H,19,22)(H,20,21)/t14?,15-/m0/s1. The van der Waals surface area contributed by atoms with E-state index in [2.05, 4.69) is 5.32 Å². The summed E-state index contributed by atoms with van der Waals surface area (Å²) in [6.45, 7) is 5.84. The summed E-state index contributed by atoms with van der Waals surface area (Å²) in [7, 11) is 0. The van der Waals surface area contributed by atoms with Crippen LogP contribution in [0.15, 0.2) is 24.3 Å². The molecule has 0 aliphatic carbocycles. The number of nitrogens with one attached hydrogen (secondary N) is 1. The first-order chi connectivity index (χ1) is 12.2. The molecule has 2 N–H and O–H groups in total. The maximum absolute atomic E-state index is 11.8. The van der Waals surface area contributed by atoms with Crippen molar-refractivity contribution in [1.29, 1.82) is 0 Å².